The van der Waals surface area contributed by atoms with Crippen LogP contribution in [0.1, 0.15) is 11.1 Å². The average molecular weight is 799 g/mol. The van der Waals surface area contributed by atoms with Gasteiger partial charge in [-0.25, -0.2) is 0 Å². The van der Waals surface area contributed by atoms with E-state index >= 15 is 0 Å². The Kier molecular flexibility index (Phi) is 10.5. The molecule has 0 fully saturated rings. The molecule has 8 aromatic rings. The van der Waals surface area contributed by atoms with Crippen molar-refractivity contribution in [1.29, 1.82) is 0 Å². The zero-order valence-electron chi connectivity index (χ0n) is 28.2. The van der Waals surface area contributed by atoms with Crippen LogP contribution in [0.15, 0.2) is 170 Å². The quantitative estimate of drug-likeness (QED) is 0.116. The minimum atomic E-state index is -2.74. The molecular weight excluding hydrogens is 759 g/mol. The van der Waals surface area contributed by atoms with Crippen molar-refractivity contribution in [2.45, 2.75) is 13.8 Å². The Morgan fingerprint density at radius 1 is 0.396 bits per heavy atom. The van der Waals surface area contributed by atoms with Crippen LogP contribution in [-0.4, -0.2) is 8.07 Å². The van der Waals surface area contributed by atoms with Gasteiger partial charge in [-0.3, -0.25) is 0 Å². The second-order valence-electron chi connectivity index (χ2n) is 12.2. The van der Waals surface area contributed by atoms with Crippen molar-refractivity contribution in [3.63, 3.8) is 0 Å². The summed E-state index contributed by atoms with van der Waals surface area (Å²) in [5, 5.41) is 10.9. The monoisotopic (exact) mass is 800 g/mol. The van der Waals surface area contributed by atoms with Crippen molar-refractivity contribution in [2.24, 2.45) is 0 Å². The van der Waals surface area contributed by atoms with E-state index in [2.05, 4.69) is 184 Å². The maximum absolute atomic E-state index is 2.74. The maximum atomic E-state index is 2.52. The number of hydrogen-bond acceptors (Lipinski definition) is 0. The fourth-order valence-electron chi connectivity index (χ4n) is 7.50. The summed E-state index contributed by atoms with van der Waals surface area (Å²) in [5.41, 5.74) is 7.80. The molecule has 0 nitrogen and oxygen atoms in total. The Labute approximate surface area is 306 Å². The summed E-state index contributed by atoms with van der Waals surface area (Å²) in [4.78, 5) is 0. The van der Waals surface area contributed by atoms with Gasteiger partial charge in [0, 0.05) is 0 Å². The van der Waals surface area contributed by atoms with Gasteiger partial charge in [0.15, 0.2) is 0 Å². The van der Waals surface area contributed by atoms with Gasteiger partial charge in [-0.05, 0) is 46.5 Å². The van der Waals surface area contributed by atoms with Crippen molar-refractivity contribution >= 4 is 50.4 Å². The molecule has 0 bridgehead atoms. The second-order valence-corrected chi connectivity index (χ2v) is 16.0. The van der Waals surface area contributed by atoms with Crippen LogP contribution in [0.4, 0.5) is 0 Å². The van der Waals surface area contributed by atoms with Crippen LogP contribution >= 0.6 is 0 Å². The van der Waals surface area contributed by atoms with Crippen molar-refractivity contribution in [3.05, 3.63) is 196 Å². The fourth-order valence-corrected chi connectivity index (χ4v) is 12.3. The van der Waals surface area contributed by atoms with E-state index in [1.165, 1.54) is 75.7 Å². The molecule has 8 aromatic carbocycles. The Balaban J connectivity index is 0.00000150. The molecule has 0 aromatic heterocycles. The van der Waals surface area contributed by atoms with E-state index in [4.69, 9.17) is 0 Å². The van der Waals surface area contributed by atoms with Crippen molar-refractivity contribution in [2.75, 3.05) is 0 Å². The zero-order valence-corrected chi connectivity index (χ0v) is 32.8. The molecule has 0 aliphatic carbocycles. The molecule has 0 radical (unpaired) electrons. The summed E-state index contributed by atoms with van der Waals surface area (Å²) in [5.74, 6) is 0. The summed E-state index contributed by atoms with van der Waals surface area (Å²) in [7, 11) is -2.74. The van der Waals surface area contributed by atoms with E-state index in [9.17, 15) is 0 Å². The minimum Gasteiger partial charge on any atom is -0.358 e. The van der Waals surface area contributed by atoms with Crippen LogP contribution in [0.3, 0.4) is 0 Å². The molecule has 0 saturated heterocycles. The molecule has 0 atom stereocenters. The van der Waals surface area contributed by atoms with Crippen LogP contribution in [0.5, 0.6) is 0 Å². The Bertz CT molecular complexity index is 2120. The number of rotatable bonds is 6. The number of benzene rings is 6. The molecule has 0 spiro atoms. The van der Waals surface area contributed by atoms with Crippen LogP contribution in [0.2, 0.25) is 0 Å². The smallest absolute Gasteiger partial charge is 0.358 e. The first-order valence-electron chi connectivity index (χ1n) is 15.8. The molecule has 0 aliphatic heterocycles. The van der Waals surface area contributed by atoms with Crippen LogP contribution < -0.4 is 20.7 Å². The van der Waals surface area contributed by atoms with E-state index < -0.39 is 8.07 Å². The van der Waals surface area contributed by atoms with E-state index in [1.807, 2.05) is 0 Å². The molecule has 0 amide bonds. The predicted octanol–water partition coefficient (Wildman–Crippen LogP) is 9.66. The van der Waals surface area contributed by atoms with E-state index in [0.717, 1.165) is 0 Å². The van der Waals surface area contributed by atoms with Crippen molar-refractivity contribution < 1.29 is 25.8 Å². The van der Waals surface area contributed by atoms with Gasteiger partial charge < -0.3 is 14.9 Å². The molecule has 0 heterocycles. The molecule has 232 valence electrons. The molecule has 0 saturated carbocycles. The standard InChI is InChI=1S/C44H34Si.2CH3.Hf/c1-31-15-9-11-23-39(31)41-25-13-17-33-27-37(29-43(33)41)45(35-19-5-3-6-20-35,36-21-7-4-8-22-36)38-28-34-18-14-26-42(44(34)30-38)40-24-12-10-16-32(40)2;;;/h3-30H,1-2H3;2*1H3;/q-2;2*-1;+4. The van der Waals surface area contributed by atoms with Crippen LogP contribution in [0, 0.1) is 28.7 Å². The molecule has 48 heavy (non-hydrogen) atoms. The first-order valence-corrected chi connectivity index (χ1v) is 17.8. The van der Waals surface area contributed by atoms with E-state index in [0.29, 0.717) is 0 Å². The summed E-state index contributed by atoms with van der Waals surface area (Å²) < 4.78 is 0. The van der Waals surface area contributed by atoms with Gasteiger partial charge in [0.25, 0.3) is 0 Å². The van der Waals surface area contributed by atoms with Gasteiger partial charge in [0.2, 0.25) is 0 Å². The number of fused-ring (bicyclic) bond motifs is 2. The minimum absolute atomic E-state index is 0. The molecule has 0 N–H and O–H groups in total. The Morgan fingerprint density at radius 3 is 1.15 bits per heavy atom. The summed E-state index contributed by atoms with van der Waals surface area (Å²) in [6, 6.07) is 63.7. The first-order chi connectivity index (χ1) is 22.1. The normalized spacial score (nSPS) is 11.0. The maximum Gasteiger partial charge on any atom is 4.00 e. The SMILES string of the molecule is Cc1ccccc1-c1cccc2[cH-]c([Si](c3ccccc3)(c3ccccc3)c3cc4c(-c5ccccc5C)cccc4[cH-]3)cc12.[CH3-].[CH3-].[Hf+4]. The van der Waals surface area contributed by atoms with Crippen LogP contribution in [0.25, 0.3) is 43.8 Å². The number of aryl methyl sites for hydroxylation is 2. The van der Waals surface area contributed by atoms with Gasteiger partial charge in [0.05, 0.1) is 0 Å². The largest absolute Gasteiger partial charge is 4.00 e. The number of hydrogen-bond donors (Lipinski definition) is 0. The molecule has 2 heteroatoms. The molecule has 0 unspecified atom stereocenters. The third-order valence-corrected chi connectivity index (χ3v) is 14.4. The summed E-state index contributed by atoms with van der Waals surface area (Å²) >= 11 is 0. The summed E-state index contributed by atoms with van der Waals surface area (Å²) in [6.07, 6.45) is 0. The Hall–Kier alpha value is -4.37. The van der Waals surface area contributed by atoms with Gasteiger partial charge in [-0.1, -0.05) is 132 Å². The average Bonchev–Trinajstić information content (AvgIpc) is 3.72. The predicted molar refractivity (Wildman–Crippen MR) is 209 cm³/mol. The molecule has 8 rings (SSSR count). The van der Waals surface area contributed by atoms with E-state index in [1.54, 1.807) is 0 Å². The molecular formula is C46H40HfSi. The summed E-state index contributed by atoms with van der Waals surface area (Å²) in [6.45, 7) is 4.43. The van der Waals surface area contributed by atoms with Gasteiger partial charge in [0.1, 0.15) is 8.07 Å². The van der Waals surface area contributed by atoms with Gasteiger partial charge in [-0.15, -0.1) is 68.3 Å². The third kappa shape index (κ3) is 5.72. The fraction of sp³-hybridized carbons (Fsp3) is 0.0435. The van der Waals surface area contributed by atoms with Crippen LogP contribution in [-0.2, 0) is 25.8 Å². The third-order valence-electron chi connectivity index (χ3n) is 9.65. The first kappa shape index (κ1) is 34.9. The van der Waals surface area contributed by atoms with E-state index in [-0.39, 0.29) is 40.7 Å². The van der Waals surface area contributed by atoms with Gasteiger partial charge >= 0.3 is 25.8 Å². The van der Waals surface area contributed by atoms with Gasteiger partial charge in [-0.2, -0.15) is 12.1 Å². The topological polar surface area (TPSA) is 0 Å². The second kappa shape index (κ2) is 14.4. The van der Waals surface area contributed by atoms with Crippen molar-refractivity contribution in [3.8, 4) is 22.3 Å². The Morgan fingerprint density at radius 2 is 0.750 bits per heavy atom. The molecule has 0 aliphatic rings. The van der Waals surface area contributed by atoms with Crippen molar-refractivity contribution in [1.82, 2.24) is 0 Å². The zero-order chi connectivity index (χ0) is 30.4.